The predicted octanol–water partition coefficient (Wildman–Crippen LogP) is 2.71. The number of nitrogens with zero attached hydrogens (tertiary/aromatic N) is 2. The highest BCUT2D eigenvalue weighted by Crippen LogP contribution is 2.61. The Labute approximate surface area is 120 Å². The molecule has 108 valence electrons. The molecule has 1 aromatic rings. The van der Waals surface area contributed by atoms with Crippen molar-refractivity contribution in [1.82, 2.24) is 9.97 Å². The van der Waals surface area contributed by atoms with Crippen molar-refractivity contribution in [2.24, 2.45) is 23.2 Å². The van der Waals surface area contributed by atoms with Crippen LogP contribution in [0, 0.1) is 30.1 Å². The molecular formula is C16H24N4. The lowest BCUT2D eigenvalue weighted by molar-refractivity contribution is -0.0522. The number of nitrogens with two attached hydrogens (primary N) is 2. The average molecular weight is 272 g/mol. The summed E-state index contributed by atoms with van der Waals surface area (Å²) in [7, 11) is 0. The van der Waals surface area contributed by atoms with Crippen LogP contribution in [0.4, 0.5) is 11.8 Å². The van der Waals surface area contributed by atoms with Crippen molar-refractivity contribution in [3.05, 3.63) is 11.3 Å². The minimum atomic E-state index is 0.300. The summed E-state index contributed by atoms with van der Waals surface area (Å²) in [6.45, 7) is 2.02. The zero-order valence-electron chi connectivity index (χ0n) is 12.2. The normalized spacial score (nSPS) is 38.4. The molecule has 4 N–H and O–H groups in total. The van der Waals surface area contributed by atoms with Crippen LogP contribution in [0.3, 0.4) is 0 Å². The molecule has 4 bridgehead atoms. The van der Waals surface area contributed by atoms with Crippen molar-refractivity contribution in [3.8, 4) is 0 Å². The van der Waals surface area contributed by atoms with Crippen LogP contribution in [0.15, 0.2) is 0 Å². The zero-order chi connectivity index (χ0) is 13.9. The van der Waals surface area contributed by atoms with Crippen LogP contribution >= 0.6 is 0 Å². The van der Waals surface area contributed by atoms with Crippen LogP contribution in [-0.2, 0) is 6.42 Å². The van der Waals surface area contributed by atoms with E-state index in [1.807, 2.05) is 6.92 Å². The second-order valence-corrected chi connectivity index (χ2v) is 7.63. The Morgan fingerprint density at radius 3 is 2.05 bits per heavy atom. The van der Waals surface area contributed by atoms with Gasteiger partial charge in [-0.2, -0.15) is 4.98 Å². The van der Waals surface area contributed by atoms with Crippen LogP contribution in [0.1, 0.15) is 49.8 Å². The van der Waals surface area contributed by atoms with Gasteiger partial charge in [-0.1, -0.05) is 0 Å². The Kier molecular flexibility index (Phi) is 2.54. The molecule has 4 fully saturated rings. The van der Waals surface area contributed by atoms with E-state index in [4.69, 9.17) is 11.5 Å². The number of nitrogen functional groups attached to an aromatic ring is 2. The molecule has 4 saturated carbocycles. The van der Waals surface area contributed by atoms with Crippen LogP contribution in [0.2, 0.25) is 0 Å². The molecule has 0 aliphatic heterocycles. The third-order valence-corrected chi connectivity index (χ3v) is 5.98. The van der Waals surface area contributed by atoms with E-state index in [1.54, 1.807) is 0 Å². The molecule has 0 spiro atoms. The van der Waals surface area contributed by atoms with E-state index in [1.165, 1.54) is 38.5 Å². The van der Waals surface area contributed by atoms with Crippen molar-refractivity contribution in [2.75, 3.05) is 11.5 Å². The fourth-order valence-electron chi connectivity index (χ4n) is 5.74. The first-order chi connectivity index (χ1) is 9.53. The quantitative estimate of drug-likeness (QED) is 0.867. The molecule has 4 heteroatoms. The molecule has 0 aromatic carbocycles. The fraction of sp³-hybridized carbons (Fsp3) is 0.750. The van der Waals surface area contributed by atoms with Crippen LogP contribution in [0.25, 0.3) is 0 Å². The molecule has 4 nitrogen and oxygen atoms in total. The van der Waals surface area contributed by atoms with Gasteiger partial charge in [0.05, 0.1) is 0 Å². The summed E-state index contributed by atoms with van der Waals surface area (Å²) < 4.78 is 0. The highest BCUT2D eigenvalue weighted by Gasteiger charge is 2.50. The first-order valence-corrected chi connectivity index (χ1v) is 7.91. The van der Waals surface area contributed by atoms with Crippen molar-refractivity contribution < 1.29 is 0 Å². The summed E-state index contributed by atoms with van der Waals surface area (Å²) in [5, 5.41) is 0. The lowest BCUT2D eigenvalue weighted by Crippen LogP contribution is -2.47. The molecule has 1 aromatic heterocycles. The van der Waals surface area contributed by atoms with E-state index in [0.29, 0.717) is 17.2 Å². The lowest BCUT2D eigenvalue weighted by Gasteiger charge is -2.57. The minimum Gasteiger partial charge on any atom is -0.383 e. The van der Waals surface area contributed by atoms with Crippen molar-refractivity contribution in [3.63, 3.8) is 0 Å². The SMILES string of the molecule is Cc1nc(N)nc(N)c1CC12CC3CC(CC(C3)C1)C2. The first-order valence-electron chi connectivity index (χ1n) is 7.91. The van der Waals surface area contributed by atoms with Gasteiger partial charge in [0.2, 0.25) is 5.95 Å². The Morgan fingerprint density at radius 2 is 1.55 bits per heavy atom. The molecule has 1 heterocycles. The molecule has 0 amide bonds. The molecule has 0 unspecified atom stereocenters. The maximum atomic E-state index is 6.12. The maximum Gasteiger partial charge on any atom is 0.222 e. The van der Waals surface area contributed by atoms with E-state index >= 15 is 0 Å². The molecule has 4 aliphatic rings. The monoisotopic (exact) mass is 272 g/mol. The van der Waals surface area contributed by atoms with Gasteiger partial charge >= 0.3 is 0 Å². The predicted molar refractivity (Wildman–Crippen MR) is 79.9 cm³/mol. The van der Waals surface area contributed by atoms with Gasteiger partial charge in [-0.25, -0.2) is 4.98 Å². The van der Waals surface area contributed by atoms with Gasteiger partial charge in [-0.3, -0.25) is 0 Å². The van der Waals surface area contributed by atoms with Gasteiger partial charge in [-0.05, 0) is 75.0 Å². The van der Waals surface area contributed by atoms with Gasteiger partial charge < -0.3 is 11.5 Å². The highest BCUT2D eigenvalue weighted by atomic mass is 15.0. The summed E-state index contributed by atoms with van der Waals surface area (Å²) in [5.41, 5.74) is 14.4. The molecule has 0 radical (unpaired) electrons. The Hall–Kier alpha value is -1.32. The fourth-order valence-corrected chi connectivity index (χ4v) is 5.74. The summed E-state index contributed by atoms with van der Waals surface area (Å²) in [4.78, 5) is 8.50. The van der Waals surface area contributed by atoms with E-state index in [9.17, 15) is 0 Å². The van der Waals surface area contributed by atoms with Crippen LogP contribution in [-0.4, -0.2) is 9.97 Å². The van der Waals surface area contributed by atoms with Crippen LogP contribution in [0.5, 0.6) is 0 Å². The molecule has 0 atom stereocenters. The van der Waals surface area contributed by atoms with E-state index in [2.05, 4.69) is 9.97 Å². The number of hydrogen-bond acceptors (Lipinski definition) is 4. The smallest absolute Gasteiger partial charge is 0.222 e. The number of rotatable bonds is 2. The zero-order valence-corrected chi connectivity index (χ0v) is 12.2. The van der Waals surface area contributed by atoms with E-state index < -0.39 is 0 Å². The summed E-state index contributed by atoms with van der Waals surface area (Å²) >= 11 is 0. The molecule has 4 aliphatic carbocycles. The van der Waals surface area contributed by atoms with Crippen molar-refractivity contribution in [1.29, 1.82) is 0 Å². The van der Waals surface area contributed by atoms with E-state index in [-0.39, 0.29) is 0 Å². The Morgan fingerprint density at radius 1 is 1.00 bits per heavy atom. The van der Waals surface area contributed by atoms with Crippen molar-refractivity contribution in [2.45, 2.75) is 51.9 Å². The van der Waals surface area contributed by atoms with Crippen molar-refractivity contribution >= 4 is 11.8 Å². The Bertz CT molecular complexity index is 493. The van der Waals surface area contributed by atoms with Gasteiger partial charge in [0, 0.05) is 11.3 Å². The van der Waals surface area contributed by atoms with Gasteiger partial charge in [0.1, 0.15) is 5.82 Å². The first kappa shape index (κ1) is 12.4. The molecular weight excluding hydrogens is 248 g/mol. The standard InChI is InChI=1S/C16H24N4/c1-9-13(14(17)20-15(18)19-9)8-16-5-10-2-11(6-16)4-12(3-10)7-16/h10-12H,2-8H2,1H3,(H4,17,18,19,20). The Balaban J connectivity index is 1.66. The highest BCUT2D eigenvalue weighted by molar-refractivity contribution is 5.46. The maximum absolute atomic E-state index is 6.12. The summed E-state index contributed by atoms with van der Waals surface area (Å²) in [6, 6.07) is 0. The molecule has 5 rings (SSSR count). The average Bonchev–Trinajstić information content (AvgIpc) is 2.32. The largest absolute Gasteiger partial charge is 0.383 e. The lowest BCUT2D eigenvalue weighted by atomic mass is 9.48. The van der Waals surface area contributed by atoms with Gasteiger partial charge in [0.25, 0.3) is 0 Å². The number of aromatic nitrogens is 2. The summed E-state index contributed by atoms with van der Waals surface area (Å²) in [5.74, 6) is 3.81. The number of anilines is 2. The second kappa shape index (κ2) is 4.09. The molecule has 0 saturated heterocycles. The third kappa shape index (κ3) is 1.88. The summed E-state index contributed by atoms with van der Waals surface area (Å²) in [6.07, 6.45) is 9.67. The second-order valence-electron chi connectivity index (χ2n) is 7.63. The van der Waals surface area contributed by atoms with Crippen LogP contribution < -0.4 is 11.5 Å². The molecule has 20 heavy (non-hydrogen) atoms. The number of hydrogen-bond donors (Lipinski definition) is 2. The topological polar surface area (TPSA) is 77.8 Å². The van der Waals surface area contributed by atoms with Gasteiger partial charge in [0.15, 0.2) is 0 Å². The minimum absolute atomic E-state index is 0.300. The van der Waals surface area contributed by atoms with E-state index in [0.717, 1.165) is 35.4 Å². The number of aryl methyl sites for hydroxylation is 1. The third-order valence-electron chi connectivity index (χ3n) is 5.98. The van der Waals surface area contributed by atoms with Gasteiger partial charge in [-0.15, -0.1) is 0 Å².